The first-order valence-corrected chi connectivity index (χ1v) is 7.79. The van der Waals surface area contributed by atoms with E-state index in [0.29, 0.717) is 17.9 Å². The van der Waals surface area contributed by atoms with Crippen molar-refractivity contribution < 1.29 is 14.6 Å². The van der Waals surface area contributed by atoms with E-state index in [0.717, 1.165) is 16.8 Å². The normalized spacial score (nSPS) is 11.7. The number of hydrogen-bond donors (Lipinski definition) is 2. The first-order valence-electron chi connectivity index (χ1n) is 7.79. The van der Waals surface area contributed by atoms with Crippen LogP contribution in [0.4, 0.5) is 5.69 Å². The van der Waals surface area contributed by atoms with E-state index in [1.807, 2.05) is 38.1 Å². The molecule has 0 bridgehead atoms. The Balaban J connectivity index is 2.02. The molecular formula is C19H24N2O3. The van der Waals surface area contributed by atoms with Crippen molar-refractivity contribution in [2.75, 3.05) is 26.1 Å². The lowest BCUT2D eigenvalue weighted by Crippen LogP contribution is -2.29. The van der Waals surface area contributed by atoms with Crippen molar-refractivity contribution in [3.05, 3.63) is 59.2 Å². The summed E-state index contributed by atoms with van der Waals surface area (Å²) < 4.78 is 5.11. The van der Waals surface area contributed by atoms with E-state index in [1.54, 1.807) is 31.4 Å². The third-order valence-corrected chi connectivity index (χ3v) is 3.95. The van der Waals surface area contributed by atoms with Gasteiger partial charge in [0.1, 0.15) is 5.75 Å². The van der Waals surface area contributed by atoms with Crippen molar-refractivity contribution in [1.82, 2.24) is 5.32 Å². The van der Waals surface area contributed by atoms with Crippen molar-refractivity contribution >= 4 is 11.6 Å². The van der Waals surface area contributed by atoms with Gasteiger partial charge in [0.2, 0.25) is 0 Å². The number of benzene rings is 2. The summed E-state index contributed by atoms with van der Waals surface area (Å²) in [6.45, 7) is 2.38. The first kappa shape index (κ1) is 17.8. The van der Waals surface area contributed by atoms with Crippen LogP contribution in [0.5, 0.6) is 5.75 Å². The third-order valence-electron chi connectivity index (χ3n) is 3.95. The van der Waals surface area contributed by atoms with Crippen molar-refractivity contribution in [2.45, 2.75) is 19.6 Å². The molecule has 1 amide bonds. The molecule has 24 heavy (non-hydrogen) atoms. The van der Waals surface area contributed by atoms with Gasteiger partial charge in [0.05, 0.1) is 7.11 Å². The fraction of sp³-hybridized carbons (Fsp3) is 0.316. The molecule has 1 atom stereocenters. The highest BCUT2D eigenvalue weighted by atomic mass is 16.5. The van der Waals surface area contributed by atoms with Crippen LogP contribution in [0.2, 0.25) is 0 Å². The van der Waals surface area contributed by atoms with Gasteiger partial charge >= 0.3 is 0 Å². The molecule has 2 rings (SSSR count). The van der Waals surface area contributed by atoms with E-state index in [9.17, 15) is 9.90 Å². The minimum Gasteiger partial charge on any atom is -0.497 e. The summed E-state index contributed by atoms with van der Waals surface area (Å²) in [7, 11) is 5.52. The van der Waals surface area contributed by atoms with E-state index in [-0.39, 0.29) is 0 Å². The predicted molar refractivity (Wildman–Crippen MR) is 95.3 cm³/mol. The van der Waals surface area contributed by atoms with Crippen LogP contribution in [-0.2, 0) is 11.3 Å². The molecule has 2 aromatic rings. The summed E-state index contributed by atoms with van der Waals surface area (Å²) in [6.07, 6.45) is -1.22. The number of aliphatic hydroxyl groups is 1. The highest BCUT2D eigenvalue weighted by Gasteiger charge is 2.17. The van der Waals surface area contributed by atoms with E-state index < -0.39 is 12.0 Å². The number of rotatable bonds is 6. The number of nitrogens with one attached hydrogen (secondary N) is 1. The van der Waals surface area contributed by atoms with Gasteiger partial charge in [-0.25, -0.2) is 0 Å². The zero-order chi connectivity index (χ0) is 17.7. The second-order valence-corrected chi connectivity index (χ2v) is 5.90. The second kappa shape index (κ2) is 7.84. The van der Waals surface area contributed by atoms with Crippen LogP contribution in [0, 0.1) is 6.92 Å². The molecule has 0 aliphatic carbocycles. The molecule has 0 radical (unpaired) electrons. The van der Waals surface area contributed by atoms with Crippen molar-refractivity contribution in [3.8, 4) is 5.75 Å². The van der Waals surface area contributed by atoms with Crippen molar-refractivity contribution in [3.63, 3.8) is 0 Å². The smallest absolute Gasteiger partial charge is 0.253 e. The van der Waals surface area contributed by atoms with Gasteiger partial charge in [-0.15, -0.1) is 0 Å². The van der Waals surface area contributed by atoms with Crippen molar-refractivity contribution in [1.29, 1.82) is 0 Å². The Kier molecular flexibility index (Phi) is 5.82. The van der Waals surface area contributed by atoms with Crippen LogP contribution in [0.3, 0.4) is 0 Å². The average molecular weight is 328 g/mol. The number of hydrogen-bond acceptors (Lipinski definition) is 4. The van der Waals surface area contributed by atoms with Crippen molar-refractivity contribution in [2.24, 2.45) is 0 Å². The topological polar surface area (TPSA) is 61.8 Å². The predicted octanol–water partition coefficient (Wildman–Crippen LogP) is 2.42. The average Bonchev–Trinajstić information content (AvgIpc) is 2.59. The molecule has 0 saturated carbocycles. The molecule has 2 aromatic carbocycles. The van der Waals surface area contributed by atoms with Gasteiger partial charge in [-0.1, -0.05) is 18.2 Å². The molecule has 0 aliphatic rings. The van der Waals surface area contributed by atoms with Gasteiger partial charge < -0.3 is 20.1 Å². The number of carbonyl (C=O) groups is 1. The number of aliphatic hydroxyl groups excluding tert-OH is 1. The fourth-order valence-corrected chi connectivity index (χ4v) is 2.40. The quantitative estimate of drug-likeness (QED) is 0.855. The number of ether oxygens (including phenoxy) is 1. The lowest BCUT2D eigenvalue weighted by atomic mass is 10.1. The number of aryl methyl sites for hydroxylation is 1. The molecule has 128 valence electrons. The summed E-state index contributed by atoms with van der Waals surface area (Å²) in [5.74, 6) is 0.175. The van der Waals surface area contributed by atoms with Crippen LogP contribution in [-0.4, -0.2) is 32.2 Å². The number of carbonyl (C=O) groups excluding carboxylic acids is 1. The van der Waals surface area contributed by atoms with E-state index in [2.05, 4.69) is 11.4 Å². The molecular weight excluding hydrogens is 304 g/mol. The Morgan fingerprint density at radius 2 is 2.00 bits per heavy atom. The maximum Gasteiger partial charge on any atom is 0.253 e. The summed E-state index contributed by atoms with van der Waals surface area (Å²) in [5.41, 5.74) is 3.73. The number of amides is 1. The fourth-order valence-electron chi connectivity index (χ4n) is 2.40. The maximum atomic E-state index is 12.2. The molecule has 0 fully saturated rings. The van der Waals surface area contributed by atoms with Gasteiger partial charge in [0.15, 0.2) is 6.10 Å². The molecule has 0 heterocycles. The summed E-state index contributed by atoms with van der Waals surface area (Å²) >= 11 is 0. The molecule has 2 N–H and O–H groups in total. The van der Waals surface area contributed by atoms with E-state index in [1.165, 1.54) is 0 Å². The minimum atomic E-state index is -1.22. The SMILES string of the molecule is COc1cccc([C@H](O)C(=O)NCc2ccc(N(C)C)cc2C)c1. The summed E-state index contributed by atoms with van der Waals surface area (Å²) in [5, 5.41) is 13.0. The molecule has 0 aromatic heterocycles. The minimum absolute atomic E-state index is 0.374. The largest absolute Gasteiger partial charge is 0.497 e. The van der Waals surface area contributed by atoms with Crippen LogP contribution in [0.25, 0.3) is 0 Å². The molecule has 0 aliphatic heterocycles. The Morgan fingerprint density at radius 3 is 2.62 bits per heavy atom. The number of methoxy groups -OCH3 is 1. The second-order valence-electron chi connectivity index (χ2n) is 5.90. The lowest BCUT2D eigenvalue weighted by Gasteiger charge is -2.16. The molecule has 5 nitrogen and oxygen atoms in total. The van der Waals surface area contributed by atoms with Gasteiger partial charge in [0.25, 0.3) is 5.91 Å². The molecule has 0 spiro atoms. The third kappa shape index (κ3) is 4.26. The van der Waals surface area contributed by atoms with Crippen LogP contribution in [0.15, 0.2) is 42.5 Å². The van der Waals surface area contributed by atoms with Gasteiger partial charge in [-0.3, -0.25) is 4.79 Å². The van der Waals surface area contributed by atoms with Gasteiger partial charge in [-0.05, 0) is 47.9 Å². The van der Waals surface area contributed by atoms with Gasteiger partial charge in [-0.2, -0.15) is 0 Å². The Labute approximate surface area is 142 Å². The van der Waals surface area contributed by atoms with Gasteiger partial charge in [0, 0.05) is 26.3 Å². The zero-order valence-corrected chi connectivity index (χ0v) is 14.5. The lowest BCUT2D eigenvalue weighted by molar-refractivity contribution is -0.129. The van der Waals surface area contributed by atoms with Crippen LogP contribution >= 0.6 is 0 Å². The molecule has 5 heteroatoms. The molecule has 0 saturated heterocycles. The van der Waals surface area contributed by atoms with Crippen LogP contribution < -0.4 is 15.0 Å². The monoisotopic (exact) mass is 328 g/mol. The van der Waals surface area contributed by atoms with E-state index >= 15 is 0 Å². The summed E-state index contributed by atoms with van der Waals surface area (Å²) in [4.78, 5) is 14.2. The van der Waals surface area contributed by atoms with E-state index in [4.69, 9.17) is 4.74 Å². The Hall–Kier alpha value is -2.53. The Morgan fingerprint density at radius 1 is 1.25 bits per heavy atom. The highest BCUT2D eigenvalue weighted by Crippen LogP contribution is 2.20. The number of nitrogens with zero attached hydrogens (tertiary/aromatic N) is 1. The highest BCUT2D eigenvalue weighted by molar-refractivity contribution is 5.82. The zero-order valence-electron chi connectivity index (χ0n) is 14.5. The first-order chi connectivity index (χ1) is 11.4. The molecule has 0 unspecified atom stereocenters. The maximum absolute atomic E-state index is 12.2. The Bertz CT molecular complexity index is 714. The number of anilines is 1. The standard InChI is InChI=1S/C19H24N2O3/c1-13-10-16(21(2)3)9-8-15(13)12-20-19(23)18(22)14-6-5-7-17(11-14)24-4/h5-11,18,22H,12H2,1-4H3,(H,20,23)/t18-/m0/s1. The summed E-state index contributed by atoms with van der Waals surface area (Å²) in [6, 6.07) is 12.9. The van der Waals surface area contributed by atoms with Crippen LogP contribution in [0.1, 0.15) is 22.8 Å².